The molecule has 1 unspecified atom stereocenters. The normalized spacial score (nSPS) is 12.2. The molecule has 1 N–H and O–H groups in total. The Morgan fingerprint density at radius 2 is 1.76 bits per heavy atom. The molecule has 0 saturated carbocycles. The van der Waals surface area contributed by atoms with Gasteiger partial charge in [-0.25, -0.2) is 0 Å². The topological polar surface area (TPSA) is 59.3 Å². The third-order valence-electron chi connectivity index (χ3n) is 4.45. The van der Waals surface area contributed by atoms with Crippen LogP contribution in [-0.2, 0) is 11.3 Å². The maximum absolute atomic E-state index is 12.0. The van der Waals surface area contributed by atoms with E-state index in [1.165, 1.54) is 0 Å². The monoisotopic (exact) mass is 335 g/mol. The predicted octanol–water partition coefficient (Wildman–Crippen LogP) is 3.93. The van der Waals surface area contributed by atoms with Gasteiger partial charge in [0.25, 0.3) is 0 Å². The lowest BCUT2D eigenvalue weighted by Crippen LogP contribution is -2.10. The van der Waals surface area contributed by atoms with Crippen molar-refractivity contribution < 1.29 is 14.7 Å². The molecule has 4 nitrogen and oxygen atoms in total. The molecule has 25 heavy (non-hydrogen) atoms. The van der Waals surface area contributed by atoms with Gasteiger partial charge < -0.3 is 9.67 Å². The maximum Gasteiger partial charge on any atom is 0.242 e. The Hall–Kier alpha value is -2.72. The first-order chi connectivity index (χ1) is 12.2. The number of hydrogen-bond donors (Lipinski definition) is 1. The number of aliphatic hydroxyl groups is 1. The second-order valence-electron chi connectivity index (χ2n) is 6.16. The lowest BCUT2D eigenvalue weighted by molar-refractivity contribution is -0.104. The van der Waals surface area contributed by atoms with Crippen LogP contribution in [0.3, 0.4) is 0 Å². The molecule has 128 valence electrons. The van der Waals surface area contributed by atoms with Gasteiger partial charge in [0.05, 0.1) is 6.10 Å². The number of aliphatic hydroxyl groups excluding tert-OH is 1. The summed E-state index contributed by atoms with van der Waals surface area (Å²) in [5.41, 5.74) is 1.38. The molecule has 1 aromatic heterocycles. The molecule has 4 heteroatoms. The van der Waals surface area contributed by atoms with E-state index in [1.807, 2.05) is 65.4 Å². The van der Waals surface area contributed by atoms with Crippen molar-refractivity contribution in [1.82, 2.24) is 4.57 Å². The van der Waals surface area contributed by atoms with E-state index < -0.39 is 11.9 Å². The summed E-state index contributed by atoms with van der Waals surface area (Å²) in [7, 11) is 0. The molecular weight excluding hydrogens is 314 g/mol. The summed E-state index contributed by atoms with van der Waals surface area (Å²) < 4.78 is 1.86. The van der Waals surface area contributed by atoms with Gasteiger partial charge >= 0.3 is 0 Å². The standard InChI is InChI=1S/C21H21NO3/c23-15-20(25)21-18-11-5-4-10-17(18)14-22(21)13-7-6-12-19(24)16-8-2-1-3-9-16/h1-5,8-11,14-15,19,24H,6-7,12-13H2. The van der Waals surface area contributed by atoms with Crippen molar-refractivity contribution in [3.8, 4) is 0 Å². The lowest BCUT2D eigenvalue weighted by atomic mass is 10.0. The molecule has 1 atom stereocenters. The van der Waals surface area contributed by atoms with E-state index in [9.17, 15) is 14.7 Å². The average molecular weight is 335 g/mol. The van der Waals surface area contributed by atoms with E-state index in [0.717, 1.165) is 29.2 Å². The van der Waals surface area contributed by atoms with Crippen LogP contribution in [0.4, 0.5) is 0 Å². The fraction of sp³-hybridized carbons (Fsp3) is 0.238. The molecule has 0 saturated heterocycles. The Morgan fingerprint density at radius 1 is 1.04 bits per heavy atom. The van der Waals surface area contributed by atoms with Crippen LogP contribution in [0.25, 0.3) is 10.8 Å². The minimum absolute atomic E-state index is 0.372. The first kappa shape index (κ1) is 17.1. The number of rotatable bonds is 8. The van der Waals surface area contributed by atoms with E-state index in [1.54, 1.807) is 0 Å². The number of fused-ring (bicyclic) bond motifs is 1. The largest absolute Gasteiger partial charge is 0.388 e. The number of carbonyl (C=O) groups excluding carboxylic acids is 2. The van der Waals surface area contributed by atoms with Gasteiger partial charge in [0.2, 0.25) is 5.78 Å². The minimum atomic E-state index is -0.495. The molecule has 3 aromatic rings. The molecule has 0 aliphatic carbocycles. The zero-order valence-corrected chi connectivity index (χ0v) is 14.0. The Labute approximate surface area is 146 Å². The summed E-state index contributed by atoms with van der Waals surface area (Å²) in [5.74, 6) is -0.495. The fourth-order valence-corrected chi connectivity index (χ4v) is 3.18. The average Bonchev–Trinajstić information content (AvgIpc) is 3.03. The molecule has 0 aliphatic heterocycles. The second kappa shape index (κ2) is 7.90. The van der Waals surface area contributed by atoms with Crippen LogP contribution in [0, 0.1) is 0 Å². The van der Waals surface area contributed by atoms with Crippen LogP contribution in [0.2, 0.25) is 0 Å². The first-order valence-corrected chi connectivity index (χ1v) is 8.51. The van der Waals surface area contributed by atoms with E-state index >= 15 is 0 Å². The van der Waals surface area contributed by atoms with Crippen LogP contribution in [0.1, 0.15) is 41.4 Å². The van der Waals surface area contributed by atoms with Gasteiger partial charge in [-0.3, -0.25) is 9.59 Å². The highest BCUT2D eigenvalue weighted by atomic mass is 16.3. The van der Waals surface area contributed by atoms with Crippen LogP contribution in [-0.4, -0.2) is 21.7 Å². The fourth-order valence-electron chi connectivity index (χ4n) is 3.18. The SMILES string of the molecule is O=CC(=O)c1c2ccccc2cn1CCCCC(O)c1ccccc1. The molecular formula is C21H21NO3. The van der Waals surface area contributed by atoms with Crippen molar-refractivity contribution >= 4 is 22.8 Å². The Bertz CT molecular complexity index is 867. The lowest BCUT2D eigenvalue weighted by Gasteiger charge is -2.11. The predicted molar refractivity (Wildman–Crippen MR) is 97.6 cm³/mol. The van der Waals surface area contributed by atoms with Crippen molar-refractivity contribution in [3.63, 3.8) is 0 Å². The smallest absolute Gasteiger partial charge is 0.242 e. The summed E-state index contributed by atoms with van der Waals surface area (Å²) in [6.45, 7) is 0.644. The summed E-state index contributed by atoms with van der Waals surface area (Å²) in [6.07, 6.45) is 4.14. The quantitative estimate of drug-likeness (QED) is 0.294. The Morgan fingerprint density at radius 3 is 2.52 bits per heavy atom. The molecule has 0 fully saturated rings. The van der Waals surface area contributed by atoms with Crippen LogP contribution in [0.15, 0.2) is 60.8 Å². The molecule has 0 aliphatic rings. The van der Waals surface area contributed by atoms with Gasteiger partial charge in [0, 0.05) is 23.5 Å². The number of aryl methyl sites for hydroxylation is 1. The molecule has 0 radical (unpaired) electrons. The summed E-state index contributed by atoms with van der Waals surface area (Å²) in [6, 6.07) is 17.2. The van der Waals surface area contributed by atoms with Gasteiger partial charge in [-0.15, -0.1) is 0 Å². The van der Waals surface area contributed by atoms with Crippen molar-refractivity contribution in [2.45, 2.75) is 31.9 Å². The number of unbranched alkanes of at least 4 members (excludes halogenated alkanes) is 1. The maximum atomic E-state index is 12.0. The molecule has 2 aromatic carbocycles. The van der Waals surface area contributed by atoms with Gasteiger partial charge in [0.1, 0.15) is 5.69 Å². The number of nitrogens with zero attached hydrogens (tertiary/aromatic N) is 1. The number of aldehydes is 1. The highest BCUT2D eigenvalue weighted by molar-refractivity contribution is 6.35. The van der Waals surface area contributed by atoms with Gasteiger partial charge in [-0.05, 0) is 24.8 Å². The minimum Gasteiger partial charge on any atom is -0.388 e. The summed E-state index contributed by atoms with van der Waals surface area (Å²) in [5, 5.41) is 12.0. The number of ketones is 1. The van der Waals surface area contributed by atoms with Crippen LogP contribution >= 0.6 is 0 Å². The summed E-state index contributed by atoms with van der Waals surface area (Å²) in [4.78, 5) is 23.0. The van der Waals surface area contributed by atoms with Gasteiger partial charge in [0.15, 0.2) is 6.29 Å². The Balaban J connectivity index is 1.65. The van der Waals surface area contributed by atoms with E-state index in [-0.39, 0.29) is 0 Å². The third-order valence-corrected chi connectivity index (χ3v) is 4.45. The highest BCUT2D eigenvalue weighted by Crippen LogP contribution is 2.23. The molecule has 0 spiro atoms. The molecule has 3 rings (SSSR count). The first-order valence-electron chi connectivity index (χ1n) is 8.51. The zero-order valence-electron chi connectivity index (χ0n) is 14.0. The summed E-state index contributed by atoms with van der Waals surface area (Å²) >= 11 is 0. The second-order valence-corrected chi connectivity index (χ2v) is 6.16. The number of hydrogen-bond acceptors (Lipinski definition) is 3. The number of carbonyl (C=O) groups is 2. The van der Waals surface area contributed by atoms with Crippen molar-refractivity contribution in [2.24, 2.45) is 0 Å². The number of Topliss-reactive ketones (excluding diaryl/α,β-unsaturated/α-hetero) is 1. The van der Waals surface area contributed by atoms with Crippen LogP contribution in [0.5, 0.6) is 0 Å². The van der Waals surface area contributed by atoms with E-state index in [0.29, 0.717) is 24.9 Å². The zero-order chi connectivity index (χ0) is 17.6. The highest BCUT2D eigenvalue weighted by Gasteiger charge is 2.15. The van der Waals surface area contributed by atoms with E-state index in [2.05, 4.69) is 0 Å². The van der Waals surface area contributed by atoms with Crippen LogP contribution < -0.4 is 0 Å². The van der Waals surface area contributed by atoms with Crippen molar-refractivity contribution in [2.75, 3.05) is 0 Å². The Kier molecular flexibility index (Phi) is 5.41. The van der Waals surface area contributed by atoms with Gasteiger partial charge in [-0.2, -0.15) is 0 Å². The van der Waals surface area contributed by atoms with Gasteiger partial charge in [-0.1, -0.05) is 54.6 Å². The van der Waals surface area contributed by atoms with E-state index in [4.69, 9.17) is 0 Å². The molecule has 0 bridgehead atoms. The van der Waals surface area contributed by atoms with Crippen molar-refractivity contribution in [1.29, 1.82) is 0 Å². The molecule has 0 amide bonds. The third kappa shape index (κ3) is 3.86. The number of aromatic nitrogens is 1. The van der Waals surface area contributed by atoms with Crippen molar-refractivity contribution in [3.05, 3.63) is 72.1 Å². The number of benzene rings is 2. The molecule has 1 heterocycles.